The molecule has 2 heterocycles. The van der Waals surface area contributed by atoms with E-state index in [0.29, 0.717) is 12.8 Å². The molecule has 4 nitrogen and oxygen atoms in total. The maximum atomic E-state index is 12.5. The number of hydrogen-bond donors (Lipinski definition) is 1. The van der Waals surface area contributed by atoms with Gasteiger partial charge in [-0.25, -0.2) is 0 Å². The van der Waals surface area contributed by atoms with Crippen LogP contribution in [0, 0.1) is 0 Å². The van der Waals surface area contributed by atoms with Gasteiger partial charge in [0.25, 0.3) is 0 Å². The molecule has 2 rings (SSSR count). The van der Waals surface area contributed by atoms with Crippen LogP contribution in [0.4, 0.5) is 0 Å². The fraction of sp³-hybridized carbons (Fsp3) is 0.588. The predicted molar refractivity (Wildman–Crippen MR) is 81.7 cm³/mol. The number of hydrogen-bond acceptors (Lipinski definition) is 3. The molecular formula is C17H24N2O2. The van der Waals surface area contributed by atoms with Crippen molar-refractivity contribution in [1.82, 2.24) is 10.3 Å². The standard InChI is InChI=1S/C17H24N2O2/c1-2-3-4-5-6-10-17(14-8-12-18-13-9-14)11-7-15(20)19-16(17)21/h8-9,12-13H,2-7,10-11H2,1H3,(H,19,20,21). The molecule has 1 aromatic rings. The maximum Gasteiger partial charge on any atom is 0.237 e. The number of piperidine rings is 1. The third-order valence-electron chi connectivity index (χ3n) is 4.41. The average molecular weight is 288 g/mol. The van der Waals surface area contributed by atoms with Crippen LogP contribution in [0.3, 0.4) is 0 Å². The van der Waals surface area contributed by atoms with Crippen molar-refractivity contribution in [3.05, 3.63) is 30.1 Å². The van der Waals surface area contributed by atoms with E-state index in [4.69, 9.17) is 0 Å². The number of pyridine rings is 1. The number of carbonyl (C=O) groups is 2. The zero-order valence-electron chi connectivity index (χ0n) is 12.7. The lowest BCUT2D eigenvalue weighted by molar-refractivity contribution is -0.138. The molecule has 1 unspecified atom stereocenters. The van der Waals surface area contributed by atoms with Crippen molar-refractivity contribution in [2.45, 2.75) is 63.7 Å². The number of imide groups is 1. The minimum atomic E-state index is -0.553. The van der Waals surface area contributed by atoms with Gasteiger partial charge in [0.1, 0.15) is 0 Å². The lowest BCUT2D eigenvalue weighted by Crippen LogP contribution is -2.51. The summed E-state index contributed by atoms with van der Waals surface area (Å²) in [4.78, 5) is 28.0. The van der Waals surface area contributed by atoms with E-state index in [1.807, 2.05) is 12.1 Å². The van der Waals surface area contributed by atoms with Gasteiger partial charge in [-0.15, -0.1) is 0 Å². The van der Waals surface area contributed by atoms with E-state index in [1.54, 1.807) is 12.4 Å². The molecule has 0 aliphatic carbocycles. The van der Waals surface area contributed by atoms with Gasteiger partial charge in [0, 0.05) is 18.8 Å². The van der Waals surface area contributed by atoms with E-state index in [0.717, 1.165) is 24.8 Å². The van der Waals surface area contributed by atoms with Crippen LogP contribution in [0.2, 0.25) is 0 Å². The van der Waals surface area contributed by atoms with Gasteiger partial charge in [-0.1, -0.05) is 39.0 Å². The first-order valence-electron chi connectivity index (χ1n) is 7.94. The van der Waals surface area contributed by atoms with Gasteiger partial charge in [-0.3, -0.25) is 19.9 Å². The van der Waals surface area contributed by atoms with Gasteiger partial charge < -0.3 is 0 Å². The fourth-order valence-corrected chi connectivity index (χ4v) is 3.11. The molecule has 0 aromatic carbocycles. The minimum Gasteiger partial charge on any atom is -0.296 e. The van der Waals surface area contributed by atoms with Crippen LogP contribution in [0.15, 0.2) is 24.5 Å². The number of amides is 2. The molecule has 1 aromatic heterocycles. The van der Waals surface area contributed by atoms with E-state index in [2.05, 4.69) is 17.2 Å². The SMILES string of the molecule is CCCCCCCC1(c2ccncc2)CCC(=O)NC1=O. The number of unbranched alkanes of at least 4 members (excludes halogenated alkanes) is 4. The van der Waals surface area contributed by atoms with Crippen LogP contribution in [0.5, 0.6) is 0 Å². The van der Waals surface area contributed by atoms with Gasteiger partial charge in [0.2, 0.25) is 11.8 Å². The molecule has 1 aliphatic rings. The second-order valence-corrected chi connectivity index (χ2v) is 5.86. The van der Waals surface area contributed by atoms with Crippen molar-refractivity contribution >= 4 is 11.8 Å². The Labute approximate surface area is 126 Å². The van der Waals surface area contributed by atoms with Gasteiger partial charge in [0.15, 0.2) is 0 Å². The van der Waals surface area contributed by atoms with Gasteiger partial charge >= 0.3 is 0 Å². The summed E-state index contributed by atoms with van der Waals surface area (Å²) < 4.78 is 0. The van der Waals surface area contributed by atoms with Crippen molar-refractivity contribution in [2.24, 2.45) is 0 Å². The lowest BCUT2D eigenvalue weighted by atomic mass is 9.70. The zero-order valence-corrected chi connectivity index (χ0v) is 12.7. The molecule has 1 N–H and O–H groups in total. The predicted octanol–water partition coefficient (Wildman–Crippen LogP) is 3.12. The molecule has 0 saturated carbocycles. The Morgan fingerprint density at radius 1 is 1.14 bits per heavy atom. The molecule has 114 valence electrons. The third-order valence-corrected chi connectivity index (χ3v) is 4.41. The van der Waals surface area contributed by atoms with Crippen LogP contribution in [-0.4, -0.2) is 16.8 Å². The first-order valence-corrected chi connectivity index (χ1v) is 7.94. The molecule has 0 spiro atoms. The van der Waals surface area contributed by atoms with Gasteiger partial charge in [0.05, 0.1) is 5.41 Å². The van der Waals surface area contributed by atoms with E-state index in [9.17, 15) is 9.59 Å². The number of nitrogens with one attached hydrogen (secondary N) is 1. The highest BCUT2D eigenvalue weighted by Gasteiger charge is 2.43. The van der Waals surface area contributed by atoms with Crippen molar-refractivity contribution in [3.8, 4) is 0 Å². The highest BCUT2D eigenvalue weighted by molar-refractivity contribution is 6.03. The molecule has 0 bridgehead atoms. The van der Waals surface area contributed by atoms with Crippen LogP contribution in [-0.2, 0) is 15.0 Å². The second kappa shape index (κ2) is 7.34. The third kappa shape index (κ3) is 3.69. The molecule has 1 saturated heterocycles. The molecule has 4 heteroatoms. The Kier molecular flexibility index (Phi) is 5.48. The van der Waals surface area contributed by atoms with E-state index < -0.39 is 5.41 Å². The van der Waals surface area contributed by atoms with Crippen LogP contribution >= 0.6 is 0 Å². The van der Waals surface area contributed by atoms with Crippen LogP contribution < -0.4 is 5.32 Å². The van der Waals surface area contributed by atoms with Crippen LogP contribution in [0.25, 0.3) is 0 Å². The molecule has 1 fully saturated rings. The Balaban J connectivity index is 2.11. The highest BCUT2D eigenvalue weighted by atomic mass is 16.2. The summed E-state index contributed by atoms with van der Waals surface area (Å²) in [6, 6.07) is 3.81. The van der Waals surface area contributed by atoms with Crippen LogP contribution in [0.1, 0.15) is 63.9 Å². The Hall–Kier alpha value is -1.71. The molecule has 1 aliphatic heterocycles. The minimum absolute atomic E-state index is 0.138. The normalized spacial score (nSPS) is 22.1. The van der Waals surface area contributed by atoms with Crippen molar-refractivity contribution in [3.63, 3.8) is 0 Å². The molecular weight excluding hydrogens is 264 g/mol. The number of nitrogens with zero attached hydrogens (tertiary/aromatic N) is 1. The summed E-state index contributed by atoms with van der Waals surface area (Å²) in [5, 5.41) is 2.52. The smallest absolute Gasteiger partial charge is 0.237 e. The summed E-state index contributed by atoms with van der Waals surface area (Å²) in [6.07, 6.45) is 11.1. The lowest BCUT2D eigenvalue weighted by Gasteiger charge is -2.35. The number of rotatable bonds is 7. The molecule has 0 radical (unpaired) electrons. The summed E-state index contributed by atoms with van der Waals surface area (Å²) in [5.41, 5.74) is 0.432. The van der Waals surface area contributed by atoms with E-state index in [-0.39, 0.29) is 11.8 Å². The van der Waals surface area contributed by atoms with Gasteiger partial charge in [-0.05, 0) is 30.5 Å². The monoisotopic (exact) mass is 288 g/mol. The Morgan fingerprint density at radius 2 is 1.86 bits per heavy atom. The van der Waals surface area contributed by atoms with Gasteiger partial charge in [-0.2, -0.15) is 0 Å². The zero-order chi connectivity index (χ0) is 15.1. The Morgan fingerprint density at radius 3 is 2.52 bits per heavy atom. The van der Waals surface area contributed by atoms with E-state index >= 15 is 0 Å². The second-order valence-electron chi connectivity index (χ2n) is 5.86. The number of carbonyl (C=O) groups excluding carboxylic acids is 2. The number of aromatic nitrogens is 1. The quantitative estimate of drug-likeness (QED) is 0.619. The fourth-order valence-electron chi connectivity index (χ4n) is 3.11. The maximum absolute atomic E-state index is 12.5. The Bertz CT molecular complexity index is 487. The first-order chi connectivity index (χ1) is 10.2. The summed E-state index contributed by atoms with van der Waals surface area (Å²) in [5.74, 6) is -0.295. The summed E-state index contributed by atoms with van der Waals surface area (Å²) >= 11 is 0. The van der Waals surface area contributed by atoms with Crippen molar-refractivity contribution in [1.29, 1.82) is 0 Å². The molecule has 2 amide bonds. The van der Waals surface area contributed by atoms with Crippen molar-refractivity contribution < 1.29 is 9.59 Å². The molecule has 1 atom stereocenters. The summed E-state index contributed by atoms with van der Waals surface area (Å²) in [7, 11) is 0. The first kappa shape index (κ1) is 15.7. The average Bonchev–Trinajstić information content (AvgIpc) is 2.50. The highest BCUT2D eigenvalue weighted by Crippen LogP contribution is 2.37. The molecule has 21 heavy (non-hydrogen) atoms. The van der Waals surface area contributed by atoms with Crippen molar-refractivity contribution in [2.75, 3.05) is 0 Å². The largest absolute Gasteiger partial charge is 0.296 e. The summed E-state index contributed by atoms with van der Waals surface area (Å²) in [6.45, 7) is 2.19. The van der Waals surface area contributed by atoms with E-state index in [1.165, 1.54) is 19.3 Å². The topological polar surface area (TPSA) is 59.1 Å².